The lowest BCUT2D eigenvalue weighted by atomic mass is 10.1. The van der Waals surface area contributed by atoms with Crippen LogP contribution in [0, 0.1) is 11.3 Å². The lowest BCUT2D eigenvalue weighted by Gasteiger charge is -2.19. The highest BCUT2D eigenvalue weighted by atomic mass is 16.1. The van der Waals surface area contributed by atoms with E-state index in [2.05, 4.69) is 24.8 Å². The molecule has 0 aliphatic rings. The predicted octanol–water partition coefficient (Wildman–Crippen LogP) is 2.86. The number of benzene rings is 1. The minimum atomic E-state index is 0.126. The van der Waals surface area contributed by atoms with E-state index in [0.717, 1.165) is 25.9 Å². The molecule has 0 N–H and O–H groups in total. The van der Waals surface area contributed by atoms with E-state index in [1.807, 2.05) is 0 Å². The van der Waals surface area contributed by atoms with Crippen LogP contribution < -0.4 is 0 Å². The first-order valence-electron chi connectivity index (χ1n) is 6.47. The summed E-state index contributed by atoms with van der Waals surface area (Å²) in [6.07, 6.45) is 2.11. The molecule has 0 aromatic heterocycles. The molecule has 0 aliphatic carbocycles. The molecule has 3 nitrogen and oxygen atoms in total. The summed E-state index contributed by atoms with van der Waals surface area (Å²) in [4.78, 5) is 14.3. The summed E-state index contributed by atoms with van der Waals surface area (Å²) in [6.45, 7) is 6.61. The third kappa shape index (κ3) is 4.31. The van der Waals surface area contributed by atoms with Crippen LogP contribution in [0.15, 0.2) is 24.3 Å². The topological polar surface area (TPSA) is 44.1 Å². The van der Waals surface area contributed by atoms with Gasteiger partial charge in [-0.1, -0.05) is 26.0 Å². The number of hydrogen-bond acceptors (Lipinski definition) is 3. The Bertz CT molecular complexity index is 411. The summed E-state index contributed by atoms with van der Waals surface area (Å²) in [6, 6.07) is 8.90. The molecule has 0 heterocycles. The zero-order valence-electron chi connectivity index (χ0n) is 11.1. The number of nitrogens with zero attached hydrogens (tertiary/aromatic N) is 2. The third-order valence-corrected chi connectivity index (χ3v) is 2.78. The van der Waals surface area contributed by atoms with Crippen molar-refractivity contribution in [2.75, 3.05) is 19.6 Å². The molecular weight excluding hydrogens is 224 g/mol. The largest absolute Gasteiger partial charge is 0.296 e. The molecule has 0 unspecified atom stereocenters. The molecule has 0 atom stereocenters. The lowest BCUT2D eigenvalue weighted by molar-refractivity contribution is 0.0930. The van der Waals surface area contributed by atoms with E-state index in [1.54, 1.807) is 24.3 Å². The fourth-order valence-corrected chi connectivity index (χ4v) is 1.93. The first-order chi connectivity index (χ1) is 8.71. The van der Waals surface area contributed by atoms with Crippen LogP contribution in [0.5, 0.6) is 0 Å². The van der Waals surface area contributed by atoms with Gasteiger partial charge in [-0.25, -0.2) is 0 Å². The second-order valence-electron chi connectivity index (χ2n) is 4.39. The molecule has 0 saturated heterocycles. The highest BCUT2D eigenvalue weighted by molar-refractivity contribution is 5.97. The van der Waals surface area contributed by atoms with Crippen molar-refractivity contribution in [1.29, 1.82) is 5.26 Å². The van der Waals surface area contributed by atoms with Crippen LogP contribution in [-0.4, -0.2) is 30.3 Å². The molecule has 1 rings (SSSR count). The molecule has 0 saturated carbocycles. The average Bonchev–Trinajstić information content (AvgIpc) is 2.39. The summed E-state index contributed by atoms with van der Waals surface area (Å²) < 4.78 is 0. The highest BCUT2D eigenvalue weighted by Gasteiger charge is 2.11. The van der Waals surface area contributed by atoms with Crippen molar-refractivity contribution in [1.82, 2.24) is 4.90 Å². The fraction of sp³-hybridized carbons (Fsp3) is 0.467. The Hall–Kier alpha value is -1.66. The molecule has 3 heteroatoms. The van der Waals surface area contributed by atoms with E-state index in [9.17, 15) is 4.79 Å². The number of ketones is 1. The van der Waals surface area contributed by atoms with E-state index < -0.39 is 0 Å². The van der Waals surface area contributed by atoms with Crippen LogP contribution >= 0.6 is 0 Å². The van der Waals surface area contributed by atoms with Gasteiger partial charge in [-0.15, -0.1) is 0 Å². The van der Waals surface area contributed by atoms with Gasteiger partial charge in [-0.05, 0) is 38.1 Å². The number of Topliss-reactive ketones (excluding diaryl/α,β-unsaturated/α-hetero) is 1. The van der Waals surface area contributed by atoms with Crippen LogP contribution in [0.2, 0.25) is 0 Å². The monoisotopic (exact) mass is 244 g/mol. The maximum atomic E-state index is 12.1. The minimum absolute atomic E-state index is 0.126. The van der Waals surface area contributed by atoms with Crippen LogP contribution in [0.1, 0.15) is 42.6 Å². The molecule has 0 bridgehead atoms. The number of carbonyl (C=O) groups excluding carboxylic acids is 1. The van der Waals surface area contributed by atoms with Crippen LogP contribution in [-0.2, 0) is 0 Å². The summed E-state index contributed by atoms with van der Waals surface area (Å²) in [5.41, 5.74) is 1.27. The number of nitriles is 1. The summed E-state index contributed by atoms with van der Waals surface area (Å²) in [5, 5.41) is 8.71. The quantitative estimate of drug-likeness (QED) is 0.693. The van der Waals surface area contributed by atoms with Gasteiger partial charge < -0.3 is 0 Å². The van der Waals surface area contributed by atoms with Crippen molar-refractivity contribution in [2.24, 2.45) is 0 Å². The van der Waals surface area contributed by atoms with Gasteiger partial charge in [0.05, 0.1) is 18.2 Å². The number of rotatable bonds is 7. The van der Waals surface area contributed by atoms with Gasteiger partial charge in [0.25, 0.3) is 0 Å². The molecule has 96 valence electrons. The molecule has 18 heavy (non-hydrogen) atoms. The molecule has 0 fully saturated rings. The van der Waals surface area contributed by atoms with Crippen molar-refractivity contribution in [3.05, 3.63) is 35.4 Å². The standard InChI is InChI=1S/C15H20N2O/c1-3-9-17(10-4-2)12-15(18)14-7-5-13(11-16)6-8-14/h5-8H,3-4,9-10,12H2,1-2H3. The summed E-state index contributed by atoms with van der Waals surface area (Å²) in [5.74, 6) is 0.126. The Morgan fingerprint density at radius 1 is 1.17 bits per heavy atom. The van der Waals surface area contributed by atoms with Crippen molar-refractivity contribution < 1.29 is 4.79 Å². The summed E-state index contributed by atoms with van der Waals surface area (Å²) in [7, 11) is 0. The SMILES string of the molecule is CCCN(CCC)CC(=O)c1ccc(C#N)cc1. The van der Waals surface area contributed by atoms with Gasteiger partial charge in [0.2, 0.25) is 0 Å². The third-order valence-electron chi connectivity index (χ3n) is 2.78. The van der Waals surface area contributed by atoms with E-state index in [4.69, 9.17) is 5.26 Å². The first kappa shape index (κ1) is 14.4. The fourth-order valence-electron chi connectivity index (χ4n) is 1.93. The van der Waals surface area contributed by atoms with Gasteiger partial charge in [-0.3, -0.25) is 9.69 Å². The Morgan fingerprint density at radius 2 is 1.72 bits per heavy atom. The Balaban J connectivity index is 2.65. The Labute approximate surface area is 109 Å². The van der Waals surface area contributed by atoms with Crippen molar-refractivity contribution in [2.45, 2.75) is 26.7 Å². The zero-order valence-corrected chi connectivity index (χ0v) is 11.1. The average molecular weight is 244 g/mol. The van der Waals surface area contributed by atoms with Crippen LogP contribution in [0.25, 0.3) is 0 Å². The smallest absolute Gasteiger partial charge is 0.176 e. The van der Waals surface area contributed by atoms with Gasteiger partial charge in [0, 0.05) is 5.56 Å². The molecule has 0 amide bonds. The van der Waals surface area contributed by atoms with Gasteiger partial charge in [0.1, 0.15) is 0 Å². The second kappa shape index (κ2) is 7.62. The molecule has 0 radical (unpaired) electrons. The first-order valence-corrected chi connectivity index (χ1v) is 6.47. The zero-order chi connectivity index (χ0) is 13.4. The lowest BCUT2D eigenvalue weighted by Crippen LogP contribution is -2.31. The van der Waals surface area contributed by atoms with Crippen LogP contribution in [0.3, 0.4) is 0 Å². The van der Waals surface area contributed by atoms with E-state index in [1.165, 1.54) is 0 Å². The summed E-state index contributed by atoms with van der Waals surface area (Å²) >= 11 is 0. The van der Waals surface area contributed by atoms with Gasteiger partial charge >= 0.3 is 0 Å². The molecule has 1 aromatic carbocycles. The number of carbonyl (C=O) groups is 1. The van der Waals surface area contributed by atoms with E-state index >= 15 is 0 Å². The molecule has 0 aliphatic heterocycles. The maximum absolute atomic E-state index is 12.1. The van der Waals surface area contributed by atoms with Gasteiger partial charge in [0.15, 0.2) is 5.78 Å². The van der Waals surface area contributed by atoms with Crippen molar-refractivity contribution in [3.63, 3.8) is 0 Å². The van der Waals surface area contributed by atoms with Crippen molar-refractivity contribution in [3.8, 4) is 6.07 Å². The van der Waals surface area contributed by atoms with E-state index in [-0.39, 0.29) is 5.78 Å². The Kier molecular flexibility index (Phi) is 6.10. The van der Waals surface area contributed by atoms with Gasteiger partial charge in [-0.2, -0.15) is 5.26 Å². The Morgan fingerprint density at radius 3 is 2.17 bits per heavy atom. The minimum Gasteiger partial charge on any atom is -0.296 e. The van der Waals surface area contributed by atoms with E-state index in [0.29, 0.717) is 17.7 Å². The molecule has 0 spiro atoms. The van der Waals surface area contributed by atoms with Crippen LogP contribution in [0.4, 0.5) is 0 Å². The predicted molar refractivity (Wildman–Crippen MR) is 72.5 cm³/mol. The normalized spacial score (nSPS) is 10.3. The number of hydrogen-bond donors (Lipinski definition) is 0. The van der Waals surface area contributed by atoms with Crippen molar-refractivity contribution >= 4 is 5.78 Å². The second-order valence-corrected chi connectivity index (χ2v) is 4.39. The molecule has 1 aromatic rings. The maximum Gasteiger partial charge on any atom is 0.176 e. The highest BCUT2D eigenvalue weighted by Crippen LogP contribution is 2.06. The molecular formula is C15H20N2O.